The van der Waals surface area contributed by atoms with Gasteiger partial charge < -0.3 is 9.80 Å². The number of hydrogen-bond donors (Lipinski definition) is 0. The molecule has 8 heteroatoms. The largest absolute Gasteiger partial charge is 0.338 e. The van der Waals surface area contributed by atoms with Crippen LogP contribution in [0.25, 0.3) is 5.69 Å². The van der Waals surface area contributed by atoms with Crippen molar-refractivity contribution in [2.45, 2.75) is 39.2 Å². The molecule has 1 fully saturated rings. The summed E-state index contributed by atoms with van der Waals surface area (Å²) >= 11 is 0. The van der Waals surface area contributed by atoms with Gasteiger partial charge in [0.25, 0.3) is 0 Å². The summed E-state index contributed by atoms with van der Waals surface area (Å²) in [4.78, 5) is 17.2. The molecule has 0 radical (unpaired) electrons. The first-order valence-electron chi connectivity index (χ1n) is 10.4. The summed E-state index contributed by atoms with van der Waals surface area (Å²) < 4.78 is 25.9. The number of carbonyl (C=O) groups excluding carboxylic acids is 1. The molecule has 1 unspecified atom stereocenters. The molecule has 2 aromatic rings. The summed E-state index contributed by atoms with van der Waals surface area (Å²) in [5, 5.41) is 4.64. The fourth-order valence-electron chi connectivity index (χ4n) is 4.09. The number of sulfone groups is 1. The molecule has 1 aromatic heterocycles. The van der Waals surface area contributed by atoms with Gasteiger partial charge in [0.15, 0.2) is 9.84 Å². The molecule has 0 bridgehead atoms. The van der Waals surface area contributed by atoms with Gasteiger partial charge in [-0.1, -0.05) is 18.2 Å². The third-order valence-electron chi connectivity index (χ3n) is 5.74. The van der Waals surface area contributed by atoms with Crippen LogP contribution in [0.3, 0.4) is 0 Å². The maximum absolute atomic E-state index is 13.3. The fourth-order valence-corrected chi connectivity index (χ4v) is 5.82. The van der Waals surface area contributed by atoms with E-state index in [9.17, 15) is 13.2 Å². The van der Waals surface area contributed by atoms with Crippen LogP contribution in [0.15, 0.2) is 30.3 Å². The Bertz CT molecular complexity index is 983. The van der Waals surface area contributed by atoms with E-state index in [1.807, 2.05) is 63.0 Å². The third kappa shape index (κ3) is 5.29. The van der Waals surface area contributed by atoms with Crippen molar-refractivity contribution >= 4 is 15.7 Å². The van der Waals surface area contributed by atoms with E-state index in [-0.39, 0.29) is 29.9 Å². The molecule has 30 heavy (non-hydrogen) atoms. The number of rotatable bonds is 8. The monoisotopic (exact) mass is 432 g/mol. The first-order chi connectivity index (χ1) is 14.2. The third-order valence-corrected chi connectivity index (χ3v) is 7.49. The number of benzene rings is 1. The highest BCUT2D eigenvalue weighted by Crippen LogP contribution is 2.22. The average Bonchev–Trinajstić information content (AvgIpc) is 3.19. The Labute approximate surface area is 179 Å². The van der Waals surface area contributed by atoms with Crippen LogP contribution < -0.4 is 0 Å². The van der Waals surface area contributed by atoms with Crippen LogP contribution in [0.2, 0.25) is 0 Å². The van der Waals surface area contributed by atoms with Crippen molar-refractivity contribution in [2.75, 3.05) is 38.7 Å². The first-order valence-corrected chi connectivity index (χ1v) is 12.2. The molecule has 0 spiro atoms. The summed E-state index contributed by atoms with van der Waals surface area (Å²) in [6, 6.07) is 9.63. The predicted octanol–water partition coefficient (Wildman–Crippen LogP) is 2.00. The van der Waals surface area contributed by atoms with Crippen LogP contribution in [0.4, 0.5) is 0 Å². The van der Waals surface area contributed by atoms with Crippen molar-refractivity contribution < 1.29 is 13.2 Å². The van der Waals surface area contributed by atoms with Crippen LogP contribution in [-0.2, 0) is 21.1 Å². The molecule has 1 aliphatic heterocycles. The Morgan fingerprint density at radius 2 is 1.87 bits per heavy atom. The lowest BCUT2D eigenvalue weighted by Gasteiger charge is -2.29. The zero-order chi connectivity index (χ0) is 21.9. The van der Waals surface area contributed by atoms with Crippen molar-refractivity contribution in [1.82, 2.24) is 19.6 Å². The molecule has 7 nitrogen and oxygen atoms in total. The van der Waals surface area contributed by atoms with E-state index in [4.69, 9.17) is 0 Å². The Morgan fingerprint density at radius 1 is 1.17 bits per heavy atom. The topological polar surface area (TPSA) is 75.5 Å². The number of carbonyl (C=O) groups is 1. The molecule has 0 aliphatic carbocycles. The molecular formula is C22H32N4O3S. The summed E-state index contributed by atoms with van der Waals surface area (Å²) in [6.45, 7) is 5.33. The summed E-state index contributed by atoms with van der Waals surface area (Å²) in [5.74, 6) is 0.218. The van der Waals surface area contributed by atoms with E-state index < -0.39 is 9.84 Å². The SMILES string of the molecule is Cc1nn(-c2ccccc2)c(C)c1CC(=O)N(CCCN(C)C)C1CCS(=O)(=O)C1. The standard InChI is InChI=1S/C22H32N4O3S/c1-17-21(18(2)26(23-17)19-9-6-5-7-10-19)15-22(27)25(13-8-12-24(3)4)20-11-14-30(28,29)16-20/h5-7,9-10,20H,8,11-16H2,1-4H3. The molecule has 3 rings (SSSR count). The molecule has 2 heterocycles. The second kappa shape index (κ2) is 9.31. The lowest BCUT2D eigenvalue weighted by molar-refractivity contribution is -0.132. The van der Waals surface area contributed by atoms with Crippen molar-refractivity contribution in [1.29, 1.82) is 0 Å². The molecule has 164 valence electrons. The van der Waals surface area contributed by atoms with Gasteiger partial charge in [0.05, 0.1) is 29.3 Å². The zero-order valence-corrected chi connectivity index (χ0v) is 19.2. The molecule has 0 N–H and O–H groups in total. The van der Waals surface area contributed by atoms with E-state index in [2.05, 4.69) is 10.00 Å². The van der Waals surface area contributed by atoms with Gasteiger partial charge in [-0.2, -0.15) is 5.10 Å². The van der Waals surface area contributed by atoms with Gasteiger partial charge in [0, 0.05) is 23.8 Å². The Balaban J connectivity index is 1.80. The molecule has 1 saturated heterocycles. The number of aryl methyl sites for hydroxylation is 1. The zero-order valence-electron chi connectivity index (χ0n) is 18.3. The van der Waals surface area contributed by atoms with Gasteiger partial charge in [0.2, 0.25) is 5.91 Å². The molecular weight excluding hydrogens is 400 g/mol. The van der Waals surface area contributed by atoms with Gasteiger partial charge in [-0.05, 0) is 59.5 Å². The predicted molar refractivity (Wildman–Crippen MR) is 119 cm³/mol. The van der Waals surface area contributed by atoms with Crippen LogP contribution in [0.1, 0.15) is 29.8 Å². The summed E-state index contributed by atoms with van der Waals surface area (Å²) in [7, 11) is 0.937. The number of hydrogen-bond acceptors (Lipinski definition) is 5. The molecule has 1 atom stereocenters. The summed E-state index contributed by atoms with van der Waals surface area (Å²) in [5.41, 5.74) is 3.65. The van der Waals surface area contributed by atoms with Crippen LogP contribution in [-0.4, -0.2) is 78.6 Å². The van der Waals surface area contributed by atoms with E-state index in [0.717, 1.165) is 35.6 Å². The Kier molecular flexibility index (Phi) is 6.98. The lowest BCUT2D eigenvalue weighted by atomic mass is 10.1. The second-order valence-corrected chi connectivity index (χ2v) is 10.6. The average molecular weight is 433 g/mol. The lowest BCUT2D eigenvalue weighted by Crippen LogP contribution is -2.43. The van der Waals surface area contributed by atoms with E-state index in [1.165, 1.54) is 0 Å². The number of para-hydroxylation sites is 1. The highest BCUT2D eigenvalue weighted by molar-refractivity contribution is 7.91. The first kappa shape index (κ1) is 22.5. The van der Waals surface area contributed by atoms with Crippen molar-refractivity contribution in [3.63, 3.8) is 0 Å². The quantitative estimate of drug-likeness (QED) is 0.638. The Hall–Kier alpha value is -2.19. The smallest absolute Gasteiger partial charge is 0.227 e. The maximum Gasteiger partial charge on any atom is 0.227 e. The van der Waals surface area contributed by atoms with E-state index in [1.54, 1.807) is 4.90 Å². The van der Waals surface area contributed by atoms with E-state index >= 15 is 0 Å². The van der Waals surface area contributed by atoms with Gasteiger partial charge in [-0.25, -0.2) is 13.1 Å². The molecule has 1 aromatic carbocycles. The van der Waals surface area contributed by atoms with Gasteiger partial charge in [0.1, 0.15) is 0 Å². The fraction of sp³-hybridized carbons (Fsp3) is 0.545. The minimum atomic E-state index is -3.06. The molecule has 1 amide bonds. The van der Waals surface area contributed by atoms with Crippen LogP contribution in [0, 0.1) is 13.8 Å². The van der Waals surface area contributed by atoms with Gasteiger partial charge in [-0.3, -0.25) is 4.79 Å². The van der Waals surface area contributed by atoms with Crippen molar-refractivity contribution in [2.24, 2.45) is 0 Å². The van der Waals surface area contributed by atoms with Gasteiger partial charge >= 0.3 is 0 Å². The van der Waals surface area contributed by atoms with Crippen LogP contribution >= 0.6 is 0 Å². The second-order valence-electron chi connectivity index (χ2n) is 8.37. The molecule has 0 saturated carbocycles. The number of aromatic nitrogens is 2. The van der Waals surface area contributed by atoms with Crippen LogP contribution in [0.5, 0.6) is 0 Å². The molecule has 1 aliphatic rings. The van der Waals surface area contributed by atoms with Crippen molar-refractivity contribution in [3.8, 4) is 5.69 Å². The van der Waals surface area contributed by atoms with E-state index in [0.29, 0.717) is 13.0 Å². The number of amides is 1. The Morgan fingerprint density at radius 3 is 2.47 bits per heavy atom. The minimum absolute atomic E-state index is 0.0188. The normalized spacial score (nSPS) is 18.1. The summed E-state index contributed by atoms with van der Waals surface area (Å²) in [6.07, 6.45) is 1.58. The maximum atomic E-state index is 13.3. The highest BCUT2D eigenvalue weighted by atomic mass is 32.2. The van der Waals surface area contributed by atoms with Crippen molar-refractivity contribution in [3.05, 3.63) is 47.3 Å². The minimum Gasteiger partial charge on any atom is -0.338 e. The number of nitrogens with zero attached hydrogens (tertiary/aromatic N) is 4. The highest BCUT2D eigenvalue weighted by Gasteiger charge is 2.34. The van der Waals surface area contributed by atoms with Gasteiger partial charge in [-0.15, -0.1) is 0 Å².